The lowest BCUT2D eigenvalue weighted by Crippen LogP contribution is -2.58. The average Bonchev–Trinajstić information content (AvgIpc) is 3.34. The van der Waals surface area contributed by atoms with Crippen molar-refractivity contribution >= 4 is 23.5 Å². The van der Waals surface area contributed by atoms with Gasteiger partial charge >= 0.3 is 6.18 Å². The molecule has 1 aromatic heterocycles. The zero-order valence-corrected chi connectivity index (χ0v) is 20.1. The first kappa shape index (κ1) is 27.3. The van der Waals surface area contributed by atoms with E-state index >= 15 is 0 Å². The molecular formula is C22H31F3N4O5. The second kappa shape index (κ2) is 10.6. The Labute approximate surface area is 195 Å². The number of nitrogens with zero attached hydrogens (tertiary/aromatic N) is 2. The van der Waals surface area contributed by atoms with Gasteiger partial charge < -0.3 is 20.1 Å². The van der Waals surface area contributed by atoms with Gasteiger partial charge in [-0.1, -0.05) is 32.9 Å². The maximum Gasteiger partial charge on any atom is 0.452 e. The molecule has 0 bridgehead atoms. The molecule has 3 unspecified atom stereocenters. The molecule has 0 spiro atoms. The highest BCUT2D eigenvalue weighted by Crippen LogP contribution is 2.24. The van der Waals surface area contributed by atoms with E-state index in [1.165, 1.54) is 18.7 Å². The number of aromatic nitrogens is 1. The van der Waals surface area contributed by atoms with Crippen LogP contribution in [0.5, 0.6) is 0 Å². The van der Waals surface area contributed by atoms with Crippen LogP contribution in [0.15, 0.2) is 4.52 Å². The van der Waals surface area contributed by atoms with Crippen LogP contribution >= 0.6 is 0 Å². The summed E-state index contributed by atoms with van der Waals surface area (Å²) in [5.74, 6) is -4.83. The summed E-state index contributed by atoms with van der Waals surface area (Å²) in [5, 5.41) is 8.58. The van der Waals surface area contributed by atoms with Gasteiger partial charge in [-0.25, -0.2) is 0 Å². The Kier molecular flexibility index (Phi) is 8.49. The van der Waals surface area contributed by atoms with Crippen LogP contribution in [0.4, 0.5) is 13.2 Å². The van der Waals surface area contributed by atoms with Crippen molar-refractivity contribution in [3.05, 3.63) is 17.0 Å². The number of hydrogen-bond acceptors (Lipinski definition) is 6. The van der Waals surface area contributed by atoms with Crippen LogP contribution in [0.2, 0.25) is 0 Å². The smallest absolute Gasteiger partial charge is 0.361 e. The van der Waals surface area contributed by atoms with Gasteiger partial charge in [-0.3, -0.25) is 19.2 Å². The molecular weight excluding hydrogens is 457 g/mol. The van der Waals surface area contributed by atoms with Crippen molar-refractivity contribution in [1.82, 2.24) is 20.7 Å². The number of alkyl halides is 3. The molecule has 2 heterocycles. The van der Waals surface area contributed by atoms with Crippen LogP contribution in [0.1, 0.15) is 62.3 Å². The monoisotopic (exact) mass is 488 g/mol. The number of aryl methyl sites for hydroxylation is 2. The Bertz CT molecular complexity index is 922. The minimum absolute atomic E-state index is 0.195. The van der Waals surface area contributed by atoms with E-state index in [1.54, 1.807) is 27.7 Å². The number of amides is 3. The van der Waals surface area contributed by atoms with Crippen molar-refractivity contribution in [2.24, 2.45) is 11.8 Å². The van der Waals surface area contributed by atoms with Gasteiger partial charge in [-0.15, -0.1) is 0 Å². The lowest BCUT2D eigenvalue weighted by Gasteiger charge is -2.31. The minimum atomic E-state index is -5.10. The predicted octanol–water partition coefficient (Wildman–Crippen LogP) is 2.31. The molecule has 0 aromatic carbocycles. The zero-order valence-electron chi connectivity index (χ0n) is 20.1. The quantitative estimate of drug-likeness (QED) is 0.579. The Morgan fingerprint density at radius 3 is 2.09 bits per heavy atom. The fourth-order valence-corrected chi connectivity index (χ4v) is 3.98. The van der Waals surface area contributed by atoms with E-state index in [-0.39, 0.29) is 30.2 Å². The normalized spacial score (nSPS) is 18.2. The van der Waals surface area contributed by atoms with Gasteiger partial charge in [0.15, 0.2) is 0 Å². The van der Waals surface area contributed by atoms with Crippen molar-refractivity contribution in [2.75, 3.05) is 6.54 Å². The fourth-order valence-electron chi connectivity index (χ4n) is 3.98. The van der Waals surface area contributed by atoms with Crippen molar-refractivity contribution < 1.29 is 36.9 Å². The summed E-state index contributed by atoms with van der Waals surface area (Å²) in [6.45, 7) is 9.58. The van der Waals surface area contributed by atoms with Crippen molar-refractivity contribution in [1.29, 1.82) is 0 Å². The number of rotatable bonds is 8. The van der Waals surface area contributed by atoms with Gasteiger partial charge in [0.25, 0.3) is 11.7 Å². The fraction of sp³-hybridized carbons (Fsp3) is 0.682. The van der Waals surface area contributed by atoms with Crippen molar-refractivity contribution in [3.63, 3.8) is 0 Å². The molecule has 3 amide bonds. The Hall–Kier alpha value is -2.92. The molecule has 190 valence electrons. The molecule has 1 aliphatic rings. The third kappa shape index (κ3) is 5.95. The second-order valence-corrected chi connectivity index (χ2v) is 9.18. The van der Waals surface area contributed by atoms with E-state index < -0.39 is 53.7 Å². The summed E-state index contributed by atoms with van der Waals surface area (Å²) in [6.07, 6.45) is -4.42. The van der Waals surface area contributed by atoms with Crippen LogP contribution in [-0.4, -0.2) is 64.4 Å². The lowest BCUT2D eigenvalue weighted by molar-refractivity contribution is -0.175. The number of hydrogen-bond donors (Lipinski definition) is 2. The summed E-state index contributed by atoms with van der Waals surface area (Å²) >= 11 is 0. The zero-order chi connectivity index (χ0) is 26.0. The predicted molar refractivity (Wildman–Crippen MR) is 115 cm³/mol. The molecule has 1 saturated heterocycles. The molecule has 1 fully saturated rings. The minimum Gasteiger partial charge on any atom is -0.361 e. The molecule has 0 aliphatic carbocycles. The lowest BCUT2D eigenvalue weighted by atomic mass is 9.98. The number of halogens is 3. The van der Waals surface area contributed by atoms with E-state index in [1.807, 2.05) is 0 Å². The first-order chi connectivity index (χ1) is 15.7. The maximum atomic E-state index is 13.3. The molecule has 2 N–H and O–H groups in total. The number of nitrogens with one attached hydrogen (secondary N) is 2. The molecule has 2 rings (SSSR count). The van der Waals surface area contributed by atoms with Gasteiger partial charge in [0.2, 0.25) is 11.8 Å². The number of likely N-dealkylation sites (tertiary alicyclic amines) is 1. The molecule has 1 aromatic rings. The molecule has 0 saturated carbocycles. The van der Waals surface area contributed by atoms with Gasteiger partial charge in [-0.05, 0) is 38.5 Å². The molecule has 9 nitrogen and oxygen atoms in total. The van der Waals surface area contributed by atoms with Gasteiger partial charge in [0.05, 0.1) is 11.7 Å². The van der Waals surface area contributed by atoms with Gasteiger partial charge in [0.1, 0.15) is 23.4 Å². The summed E-state index contributed by atoms with van der Waals surface area (Å²) in [7, 11) is 0. The standard InChI is InChI=1S/C22H31F3N4O5/c1-10(2)16(18(30)22(23,24)25)26-19(31)14-8-7-9-29(14)21(33)17(11(3)4)27-20(32)15-12(5)28-34-13(15)6/h10-11,14,16-17H,7-9H2,1-6H3,(H,26,31)(H,27,32). The molecule has 1 aliphatic heterocycles. The number of ketones is 1. The van der Waals surface area contributed by atoms with Gasteiger partial charge in [-0.2, -0.15) is 13.2 Å². The van der Waals surface area contributed by atoms with Crippen LogP contribution in [0, 0.1) is 25.7 Å². The van der Waals surface area contributed by atoms with Crippen molar-refractivity contribution in [2.45, 2.75) is 78.7 Å². The third-order valence-corrected chi connectivity index (χ3v) is 5.84. The largest absolute Gasteiger partial charge is 0.452 e. The van der Waals surface area contributed by atoms with E-state index in [0.717, 1.165) is 0 Å². The van der Waals surface area contributed by atoms with Crippen LogP contribution in [-0.2, 0) is 14.4 Å². The Balaban J connectivity index is 2.20. The molecule has 3 atom stereocenters. The van der Waals surface area contributed by atoms with Crippen LogP contribution in [0.3, 0.4) is 0 Å². The first-order valence-electron chi connectivity index (χ1n) is 11.1. The van der Waals surface area contributed by atoms with E-state index in [4.69, 9.17) is 4.52 Å². The summed E-state index contributed by atoms with van der Waals surface area (Å²) < 4.78 is 43.9. The van der Waals surface area contributed by atoms with Crippen LogP contribution in [0.25, 0.3) is 0 Å². The molecule has 34 heavy (non-hydrogen) atoms. The number of carbonyl (C=O) groups excluding carboxylic acids is 4. The van der Waals surface area contributed by atoms with Crippen molar-refractivity contribution in [3.8, 4) is 0 Å². The van der Waals surface area contributed by atoms with Crippen LogP contribution < -0.4 is 10.6 Å². The Morgan fingerprint density at radius 1 is 1.03 bits per heavy atom. The van der Waals surface area contributed by atoms with Gasteiger partial charge in [0, 0.05) is 6.54 Å². The highest BCUT2D eigenvalue weighted by Gasteiger charge is 2.46. The third-order valence-electron chi connectivity index (χ3n) is 5.84. The number of carbonyl (C=O) groups is 4. The van der Waals surface area contributed by atoms with E-state index in [2.05, 4.69) is 15.8 Å². The first-order valence-corrected chi connectivity index (χ1v) is 11.1. The SMILES string of the molecule is Cc1noc(C)c1C(=O)NC(C(=O)N1CCCC1C(=O)NC(C(=O)C(F)(F)F)C(C)C)C(C)C. The summed E-state index contributed by atoms with van der Waals surface area (Å²) in [4.78, 5) is 52.0. The summed E-state index contributed by atoms with van der Waals surface area (Å²) in [5.41, 5.74) is 0.567. The second-order valence-electron chi connectivity index (χ2n) is 9.18. The molecule has 0 radical (unpaired) electrons. The highest BCUT2D eigenvalue weighted by atomic mass is 19.4. The van der Waals surface area contributed by atoms with E-state index in [0.29, 0.717) is 12.1 Å². The summed E-state index contributed by atoms with van der Waals surface area (Å²) in [6, 6.07) is -3.80. The number of Topliss-reactive ketones (excluding diaryl/α,β-unsaturated/α-hetero) is 1. The molecule has 12 heteroatoms. The average molecular weight is 489 g/mol. The van der Waals surface area contributed by atoms with E-state index in [9.17, 15) is 32.3 Å². The Morgan fingerprint density at radius 2 is 1.62 bits per heavy atom. The highest BCUT2D eigenvalue weighted by molar-refractivity contribution is 6.00. The maximum absolute atomic E-state index is 13.3. The topological polar surface area (TPSA) is 122 Å².